The lowest BCUT2D eigenvalue weighted by molar-refractivity contribution is -0.148. The number of aryl methyl sites for hydroxylation is 1. The largest absolute Gasteiger partial charge is 0.456 e. The lowest BCUT2D eigenvalue weighted by Crippen LogP contribution is -2.31. The Morgan fingerprint density at radius 1 is 1.35 bits per heavy atom. The van der Waals surface area contributed by atoms with Gasteiger partial charge in [0, 0.05) is 18.7 Å². The Morgan fingerprint density at radius 2 is 2.10 bits per heavy atom. The predicted molar refractivity (Wildman–Crippen MR) is 78.0 cm³/mol. The van der Waals surface area contributed by atoms with E-state index < -0.39 is 0 Å². The van der Waals surface area contributed by atoms with Crippen molar-refractivity contribution in [1.29, 1.82) is 0 Å². The van der Waals surface area contributed by atoms with Crippen molar-refractivity contribution in [2.24, 2.45) is 5.92 Å². The first kappa shape index (κ1) is 16.0. The quantitative estimate of drug-likeness (QED) is 0.585. The Labute approximate surface area is 119 Å². The van der Waals surface area contributed by atoms with Crippen LogP contribution in [0.5, 0.6) is 0 Å². The molecule has 0 atom stereocenters. The van der Waals surface area contributed by atoms with Gasteiger partial charge in [-0.3, -0.25) is 9.59 Å². The van der Waals surface area contributed by atoms with E-state index in [-0.39, 0.29) is 24.9 Å². The molecular formula is C15H22N2O3. The van der Waals surface area contributed by atoms with Crippen LogP contribution in [0.15, 0.2) is 24.3 Å². The van der Waals surface area contributed by atoms with Gasteiger partial charge in [0.05, 0.1) is 0 Å². The van der Waals surface area contributed by atoms with Gasteiger partial charge < -0.3 is 15.8 Å². The number of anilines is 1. The van der Waals surface area contributed by atoms with Gasteiger partial charge in [-0.25, -0.2) is 0 Å². The zero-order valence-electron chi connectivity index (χ0n) is 12.0. The number of rotatable bonds is 7. The normalized spacial score (nSPS) is 10.3. The van der Waals surface area contributed by atoms with Crippen molar-refractivity contribution in [3.63, 3.8) is 0 Å². The molecule has 0 saturated heterocycles. The van der Waals surface area contributed by atoms with E-state index in [0.29, 0.717) is 24.6 Å². The van der Waals surface area contributed by atoms with Crippen LogP contribution in [-0.2, 0) is 20.7 Å². The highest BCUT2D eigenvalue weighted by atomic mass is 16.5. The summed E-state index contributed by atoms with van der Waals surface area (Å²) < 4.78 is 4.91. The third kappa shape index (κ3) is 6.78. The maximum Gasteiger partial charge on any atom is 0.306 e. The van der Waals surface area contributed by atoms with Crippen LogP contribution in [0.3, 0.4) is 0 Å². The number of carbonyl (C=O) groups is 2. The fourth-order valence-corrected chi connectivity index (χ4v) is 1.58. The number of nitrogen functional groups attached to an aromatic ring is 1. The Kier molecular flexibility index (Phi) is 6.56. The number of amides is 1. The smallest absolute Gasteiger partial charge is 0.306 e. The van der Waals surface area contributed by atoms with Gasteiger partial charge in [0.2, 0.25) is 0 Å². The lowest BCUT2D eigenvalue weighted by Gasteiger charge is -2.08. The molecule has 5 nitrogen and oxygen atoms in total. The summed E-state index contributed by atoms with van der Waals surface area (Å²) >= 11 is 0. The monoisotopic (exact) mass is 278 g/mol. The van der Waals surface area contributed by atoms with E-state index in [0.717, 1.165) is 5.56 Å². The number of benzene rings is 1. The van der Waals surface area contributed by atoms with Crippen molar-refractivity contribution in [1.82, 2.24) is 5.32 Å². The molecule has 0 aliphatic carbocycles. The van der Waals surface area contributed by atoms with Gasteiger partial charge in [0.1, 0.15) is 0 Å². The van der Waals surface area contributed by atoms with Gasteiger partial charge in [-0.05, 0) is 30.0 Å². The summed E-state index contributed by atoms with van der Waals surface area (Å²) in [5.74, 6) is -0.277. The highest BCUT2D eigenvalue weighted by Gasteiger charge is 2.08. The van der Waals surface area contributed by atoms with Crippen LogP contribution in [0.25, 0.3) is 0 Å². The van der Waals surface area contributed by atoms with Crippen molar-refractivity contribution in [2.45, 2.75) is 26.7 Å². The standard InChI is InChI=1S/C15H22N2O3/c1-11(2)9-17-14(18)10-20-15(19)7-6-12-4-3-5-13(16)8-12/h3-5,8,11H,6-7,9-10,16H2,1-2H3,(H,17,18). The number of nitrogens with one attached hydrogen (secondary N) is 1. The highest BCUT2D eigenvalue weighted by Crippen LogP contribution is 2.09. The third-order valence-electron chi connectivity index (χ3n) is 2.64. The van der Waals surface area contributed by atoms with Gasteiger partial charge in [-0.15, -0.1) is 0 Å². The van der Waals surface area contributed by atoms with Crippen molar-refractivity contribution in [2.75, 3.05) is 18.9 Å². The van der Waals surface area contributed by atoms with Crippen molar-refractivity contribution in [3.8, 4) is 0 Å². The Balaban J connectivity index is 2.22. The average Bonchev–Trinajstić information content (AvgIpc) is 2.40. The fraction of sp³-hybridized carbons (Fsp3) is 0.467. The van der Waals surface area contributed by atoms with Gasteiger partial charge in [-0.2, -0.15) is 0 Å². The van der Waals surface area contributed by atoms with Crippen LogP contribution in [0.1, 0.15) is 25.8 Å². The molecule has 0 aromatic heterocycles. The summed E-state index contributed by atoms with van der Waals surface area (Å²) in [5.41, 5.74) is 7.30. The maximum atomic E-state index is 11.5. The second kappa shape index (κ2) is 8.19. The molecule has 0 heterocycles. The highest BCUT2D eigenvalue weighted by molar-refractivity contribution is 5.80. The minimum atomic E-state index is -0.382. The summed E-state index contributed by atoms with van der Waals surface area (Å²) in [5, 5.41) is 2.69. The molecule has 1 aromatic rings. The molecule has 20 heavy (non-hydrogen) atoms. The van der Waals surface area contributed by atoms with E-state index in [1.165, 1.54) is 0 Å². The molecule has 0 aliphatic heterocycles. The number of nitrogens with two attached hydrogens (primary N) is 1. The molecule has 1 rings (SSSR count). The molecule has 5 heteroatoms. The molecule has 0 saturated carbocycles. The molecular weight excluding hydrogens is 256 g/mol. The molecule has 0 aliphatic rings. The molecule has 0 bridgehead atoms. The van der Waals surface area contributed by atoms with E-state index >= 15 is 0 Å². The van der Waals surface area contributed by atoms with E-state index in [1.54, 1.807) is 6.07 Å². The summed E-state index contributed by atoms with van der Waals surface area (Å²) in [6.45, 7) is 4.36. The van der Waals surface area contributed by atoms with Gasteiger partial charge in [0.25, 0.3) is 5.91 Å². The maximum absolute atomic E-state index is 11.5. The van der Waals surface area contributed by atoms with Gasteiger partial charge in [-0.1, -0.05) is 26.0 Å². The Morgan fingerprint density at radius 3 is 2.75 bits per heavy atom. The van der Waals surface area contributed by atoms with Gasteiger partial charge >= 0.3 is 5.97 Å². The predicted octanol–water partition coefficient (Wildman–Crippen LogP) is 1.52. The number of carbonyl (C=O) groups excluding carboxylic acids is 2. The molecule has 3 N–H and O–H groups in total. The first-order valence-electron chi connectivity index (χ1n) is 6.74. The second-order valence-electron chi connectivity index (χ2n) is 5.10. The van der Waals surface area contributed by atoms with Crippen molar-refractivity contribution in [3.05, 3.63) is 29.8 Å². The first-order chi connectivity index (χ1) is 9.47. The molecule has 0 fully saturated rings. The third-order valence-corrected chi connectivity index (χ3v) is 2.64. The molecule has 1 amide bonds. The molecule has 0 radical (unpaired) electrons. The zero-order valence-corrected chi connectivity index (χ0v) is 12.0. The Bertz CT molecular complexity index is 458. The van der Waals surface area contributed by atoms with E-state index in [1.807, 2.05) is 32.0 Å². The van der Waals surface area contributed by atoms with Crippen LogP contribution in [0.2, 0.25) is 0 Å². The average molecular weight is 278 g/mol. The first-order valence-corrected chi connectivity index (χ1v) is 6.74. The Hall–Kier alpha value is -2.04. The summed E-state index contributed by atoms with van der Waals surface area (Å²) in [7, 11) is 0. The minimum Gasteiger partial charge on any atom is -0.456 e. The van der Waals surface area contributed by atoms with Crippen molar-refractivity contribution >= 4 is 17.6 Å². The zero-order chi connectivity index (χ0) is 15.0. The summed E-state index contributed by atoms with van der Waals surface area (Å²) in [6, 6.07) is 7.36. The van der Waals surface area contributed by atoms with Gasteiger partial charge in [0.15, 0.2) is 6.61 Å². The summed E-state index contributed by atoms with van der Waals surface area (Å²) in [4.78, 5) is 22.9. The van der Waals surface area contributed by atoms with Crippen LogP contribution in [-0.4, -0.2) is 25.0 Å². The van der Waals surface area contributed by atoms with Crippen LogP contribution < -0.4 is 11.1 Å². The van der Waals surface area contributed by atoms with Crippen LogP contribution >= 0.6 is 0 Å². The van der Waals surface area contributed by atoms with E-state index in [4.69, 9.17) is 10.5 Å². The van der Waals surface area contributed by atoms with Crippen LogP contribution in [0.4, 0.5) is 5.69 Å². The molecule has 1 aromatic carbocycles. The minimum absolute atomic E-state index is 0.220. The lowest BCUT2D eigenvalue weighted by atomic mass is 10.1. The SMILES string of the molecule is CC(C)CNC(=O)COC(=O)CCc1cccc(N)c1. The molecule has 0 unspecified atom stereocenters. The number of esters is 1. The second-order valence-corrected chi connectivity index (χ2v) is 5.10. The van der Waals surface area contributed by atoms with E-state index in [2.05, 4.69) is 5.32 Å². The molecule has 0 spiro atoms. The number of hydrogen-bond donors (Lipinski definition) is 2. The molecule has 110 valence electrons. The number of ether oxygens (including phenoxy) is 1. The fourth-order valence-electron chi connectivity index (χ4n) is 1.58. The topological polar surface area (TPSA) is 81.4 Å². The number of hydrogen-bond acceptors (Lipinski definition) is 4. The van der Waals surface area contributed by atoms with Crippen LogP contribution in [0, 0.1) is 5.92 Å². The summed E-state index contributed by atoms with van der Waals surface area (Å²) in [6.07, 6.45) is 0.790. The van der Waals surface area contributed by atoms with E-state index in [9.17, 15) is 9.59 Å². The van der Waals surface area contributed by atoms with Crippen molar-refractivity contribution < 1.29 is 14.3 Å².